The first-order valence-corrected chi connectivity index (χ1v) is 10.4. The molecule has 0 radical (unpaired) electrons. The minimum atomic E-state index is 0.476. The van der Waals surface area contributed by atoms with Gasteiger partial charge in [0.25, 0.3) is 0 Å². The van der Waals surface area contributed by atoms with Gasteiger partial charge in [-0.1, -0.05) is 31.0 Å². The maximum absolute atomic E-state index is 6.53. The molecule has 0 unspecified atom stereocenters. The van der Waals surface area contributed by atoms with Gasteiger partial charge in [-0.3, -0.25) is 9.98 Å². The lowest BCUT2D eigenvalue weighted by Gasteiger charge is -2.21. The van der Waals surface area contributed by atoms with Crippen molar-refractivity contribution < 1.29 is 0 Å². The molecular weight excluding hydrogens is 358 g/mol. The Bertz CT molecular complexity index is 1100. The minimum absolute atomic E-state index is 0.476. The molecule has 1 aliphatic heterocycles. The summed E-state index contributed by atoms with van der Waals surface area (Å²) < 4.78 is 0. The van der Waals surface area contributed by atoms with Crippen LogP contribution in [0.4, 0.5) is 11.5 Å². The zero-order valence-corrected chi connectivity index (χ0v) is 16.4. The van der Waals surface area contributed by atoms with Crippen LogP contribution in [0.2, 0.25) is 0 Å². The van der Waals surface area contributed by atoms with E-state index in [-0.39, 0.29) is 0 Å². The quantitative estimate of drug-likeness (QED) is 0.654. The van der Waals surface area contributed by atoms with E-state index in [9.17, 15) is 0 Å². The van der Waals surface area contributed by atoms with Crippen LogP contribution in [0.15, 0.2) is 53.7 Å². The first-order chi connectivity index (χ1) is 14.3. The molecule has 0 spiro atoms. The van der Waals surface area contributed by atoms with Gasteiger partial charge in [0.1, 0.15) is 5.82 Å². The highest BCUT2D eigenvalue weighted by molar-refractivity contribution is 5.98. The molecule has 0 amide bonds. The molecule has 0 bridgehead atoms. The van der Waals surface area contributed by atoms with E-state index >= 15 is 0 Å². The number of hydrogen-bond donors (Lipinski definition) is 2. The fourth-order valence-electron chi connectivity index (χ4n) is 4.53. The number of rotatable bonds is 5. The minimum Gasteiger partial charge on any atom is -0.383 e. The largest absolute Gasteiger partial charge is 0.383 e. The predicted molar refractivity (Wildman–Crippen MR) is 120 cm³/mol. The average molecular weight is 383 g/mol. The van der Waals surface area contributed by atoms with Gasteiger partial charge in [-0.15, -0.1) is 0 Å². The van der Waals surface area contributed by atoms with Gasteiger partial charge in [0.05, 0.1) is 30.0 Å². The molecular formula is C24H25N5. The second-order valence-corrected chi connectivity index (χ2v) is 7.86. The van der Waals surface area contributed by atoms with E-state index in [0.717, 1.165) is 34.4 Å². The van der Waals surface area contributed by atoms with Gasteiger partial charge in [0, 0.05) is 23.4 Å². The van der Waals surface area contributed by atoms with Gasteiger partial charge < -0.3 is 11.1 Å². The maximum atomic E-state index is 6.53. The number of nitrogens with zero attached hydrogens (tertiary/aromatic N) is 3. The van der Waals surface area contributed by atoms with Crippen molar-refractivity contribution in [1.29, 1.82) is 0 Å². The highest BCUT2D eigenvalue weighted by Gasteiger charge is 2.25. The molecule has 1 fully saturated rings. The van der Waals surface area contributed by atoms with E-state index in [2.05, 4.69) is 39.6 Å². The van der Waals surface area contributed by atoms with E-state index in [1.54, 1.807) is 0 Å². The second-order valence-electron chi connectivity index (χ2n) is 7.86. The first-order valence-electron chi connectivity index (χ1n) is 10.4. The summed E-state index contributed by atoms with van der Waals surface area (Å²) in [6, 6.07) is 12.5. The summed E-state index contributed by atoms with van der Waals surface area (Å²) in [5.74, 6) is 1.13. The second kappa shape index (κ2) is 7.66. The molecule has 3 N–H and O–H groups in total. The van der Waals surface area contributed by atoms with E-state index in [1.165, 1.54) is 36.8 Å². The van der Waals surface area contributed by atoms with Gasteiger partial charge in [-0.25, -0.2) is 4.98 Å². The lowest BCUT2D eigenvalue weighted by atomic mass is 9.93. The van der Waals surface area contributed by atoms with Crippen LogP contribution in [0.1, 0.15) is 48.4 Å². The third-order valence-corrected chi connectivity index (χ3v) is 6.00. The molecule has 5 heteroatoms. The van der Waals surface area contributed by atoms with Crippen LogP contribution in [-0.4, -0.2) is 22.7 Å². The molecule has 3 aromatic rings. The number of aliphatic imine (C=N–C) groups is 1. The number of aromatic nitrogens is 2. The lowest BCUT2D eigenvalue weighted by molar-refractivity contribution is 0.724. The van der Waals surface area contributed by atoms with Gasteiger partial charge in [-0.05, 0) is 54.2 Å². The van der Waals surface area contributed by atoms with E-state index in [4.69, 9.17) is 10.7 Å². The van der Waals surface area contributed by atoms with Crippen molar-refractivity contribution >= 4 is 34.2 Å². The number of nitrogens with one attached hydrogen (secondary N) is 1. The molecule has 146 valence electrons. The highest BCUT2D eigenvalue weighted by atomic mass is 14.9. The number of fused-ring (bicyclic) bond motifs is 1. The number of benzene rings is 1. The summed E-state index contributed by atoms with van der Waals surface area (Å²) in [4.78, 5) is 13.6. The van der Waals surface area contributed by atoms with Crippen molar-refractivity contribution in [2.24, 2.45) is 4.99 Å². The fraction of sp³-hybridized carbons (Fsp3) is 0.292. The maximum Gasteiger partial charge on any atom is 0.129 e. The molecule has 1 saturated carbocycles. The van der Waals surface area contributed by atoms with Crippen LogP contribution in [-0.2, 0) is 6.54 Å². The Hall–Kier alpha value is -3.21. The van der Waals surface area contributed by atoms with Crippen molar-refractivity contribution in [2.45, 2.75) is 38.1 Å². The Balaban J connectivity index is 1.59. The molecule has 0 atom stereocenters. The third kappa shape index (κ3) is 3.48. The number of anilines is 2. The van der Waals surface area contributed by atoms with Crippen LogP contribution in [0, 0.1) is 0 Å². The van der Waals surface area contributed by atoms with Gasteiger partial charge in [-0.2, -0.15) is 0 Å². The van der Waals surface area contributed by atoms with Crippen molar-refractivity contribution in [3.05, 3.63) is 65.5 Å². The fourth-order valence-corrected chi connectivity index (χ4v) is 4.53. The SMILES string of the molecule is Nc1nc2cc(C3=CC=NC3)ccc2c(NCc2ccccn2)c1C1CCCC1. The van der Waals surface area contributed by atoms with E-state index in [0.29, 0.717) is 18.3 Å². The van der Waals surface area contributed by atoms with Crippen LogP contribution >= 0.6 is 0 Å². The summed E-state index contributed by atoms with van der Waals surface area (Å²) in [6.07, 6.45) is 10.6. The van der Waals surface area contributed by atoms with Crippen molar-refractivity contribution in [2.75, 3.05) is 17.6 Å². The molecule has 2 aromatic heterocycles. The number of hydrogen-bond acceptors (Lipinski definition) is 5. The van der Waals surface area contributed by atoms with Gasteiger partial charge >= 0.3 is 0 Å². The Labute approximate surface area is 170 Å². The van der Waals surface area contributed by atoms with Crippen LogP contribution < -0.4 is 11.1 Å². The van der Waals surface area contributed by atoms with E-state index in [1.807, 2.05) is 30.6 Å². The molecule has 5 rings (SSSR count). The Morgan fingerprint density at radius 3 is 2.76 bits per heavy atom. The third-order valence-electron chi connectivity index (χ3n) is 6.00. The van der Waals surface area contributed by atoms with E-state index < -0.39 is 0 Å². The van der Waals surface area contributed by atoms with Crippen molar-refractivity contribution in [1.82, 2.24) is 9.97 Å². The summed E-state index contributed by atoms with van der Waals surface area (Å²) >= 11 is 0. The molecule has 1 aromatic carbocycles. The summed E-state index contributed by atoms with van der Waals surface area (Å²) in [5, 5.41) is 4.78. The molecule has 3 heterocycles. The van der Waals surface area contributed by atoms with Gasteiger partial charge in [0.15, 0.2) is 0 Å². The zero-order valence-electron chi connectivity index (χ0n) is 16.4. The Morgan fingerprint density at radius 2 is 2.00 bits per heavy atom. The number of pyridine rings is 2. The first kappa shape index (κ1) is 17.9. The summed E-state index contributed by atoms with van der Waals surface area (Å²) in [6.45, 7) is 1.39. The summed E-state index contributed by atoms with van der Waals surface area (Å²) in [5.41, 5.74) is 13.2. The average Bonchev–Trinajstić information content (AvgIpc) is 3.46. The van der Waals surface area contributed by atoms with Crippen molar-refractivity contribution in [3.63, 3.8) is 0 Å². The molecule has 1 aliphatic carbocycles. The van der Waals surface area contributed by atoms with Crippen molar-refractivity contribution in [3.8, 4) is 0 Å². The van der Waals surface area contributed by atoms with Gasteiger partial charge in [0.2, 0.25) is 0 Å². The Kier molecular flexibility index (Phi) is 4.72. The predicted octanol–water partition coefficient (Wildman–Crippen LogP) is 4.95. The molecule has 29 heavy (non-hydrogen) atoms. The molecule has 5 nitrogen and oxygen atoms in total. The van der Waals surface area contributed by atoms with Crippen LogP contribution in [0.3, 0.4) is 0 Å². The summed E-state index contributed by atoms with van der Waals surface area (Å²) in [7, 11) is 0. The number of allylic oxidation sites excluding steroid dienone is 1. The smallest absolute Gasteiger partial charge is 0.129 e. The van der Waals surface area contributed by atoms with Crippen LogP contribution in [0.5, 0.6) is 0 Å². The monoisotopic (exact) mass is 383 g/mol. The number of nitrogens with two attached hydrogens (primary N) is 1. The molecule has 0 saturated heterocycles. The normalized spacial score (nSPS) is 16.5. The lowest BCUT2D eigenvalue weighted by Crippen LogP contribution is -2.10. The Morgan fingerprint density at radius 1 is 1.10 bits per heavy atom. The standard InChI is InChI=1S/C24H25N5/c25-24-22(16-5-1-2-6-16)23(28-15-19-7-3-4-11-27-19)20-9-8-17(13-21(20)29-24)18-10-12-26-14-18/h3-4,7-13,16H,1-2,5-6,14-15H2,(H3,25,28,29). The topological polar surface area (TPSA) is 76.2 Å². The highest BCUT2D eigenvalue weighted by Crippen LogP contribution is 2.43. The van der Waals surface area contributed by atoms with Crippen LogP contribution in [0.25, 0.3) is 16.5 Å². The zero-order chi connectivity index (χ0) is 19.6. The number of nitrogen functional groups attached to an aromatic ring is 1. The molecule has 2 aliphatic rings.